The van der Waals surface area contributed by atoms with Crippen molar-refractivity contribution < 1.29 is 9.21 Å². The van der Waals surface area contributed by atoms with E-state index in [-0.39, 0.29) is 11.8 Å². The molecule has 0 saturated carbocycles. The number of hydrogen-bond donors (Lipinski definition) is 0. The molecule has 1 heterocycles. The van der Waals surface area contributed by atoms with Gasteiger partial charge in [-0.25, -0.2) is 0 Å². The number of nitrogens with zero attached hydrogens (tertiary/aromatic N) is 1. The van der Waals surface area contributed by atoms with E-state index in [2.05, 4.69) is 6.92 Å². The maximum atomic E-state index is 11.2. The number of rotatable bonds is 4. The van der Waals surface area contributed by atoms with Crippen molar-refractivity contribution in [2.75, 3.05) is 11.9 Å². The molecule has 0 aliphatic rings. The molecule has 2 aromatic rings. The number of benzene rings is 1. The molecule has 100 valence electrons. The van der Waals surface area contributed by atoms with Gasteiger partial charge in [-0.2, -0.15) is 0 Å². The Morgan fingerprint density at radius 2 is 1.84 bits per heavy atom. The lowest BCUT2D eigenvalue weighted by Crippen LogP contribution is -2.20. The van der Waals surface area contributed by atoms with Gasteiger partial charge in [0.15, 0.2) is 17.4 Å². The first-order valence-corrected chi connectivity index (χ1v) is 6.46. The molecule has 0 spiro atoms. The second-order valence-corrected chi connectivity index (χ2v) is 4.97. The third kappa shape index (κ3) is 2.99. The summed E-state index contributed by atoms with van der Waals surface area (Å²) in [6, 6.07) is 11.3. The number of ketones is 1. The van der Waals surface area contributed by atoms with Crippen LogP contribution in [0.1, 0.15) is 36.0 Å². The van der Waals surface area contributed by atoms with Crippen LogP contribution in [0.5, 0.6) is 0 Å². The molecule has 0 bridgehead atoms. The summed E-state index contributed by atoms with van der Waals surface area (Å²) in [7, 11) is 1.93. The van der Waals surface area contributed by atoms with Crippen molar-refractivity contribution in [1.82, 2.24) is 0 Å². The second-order valence-electron chi connectivity index (χ2n) is 4.53. The van der Waals surface area contributed by atoms with Crippen LogP contribution >= 0.6 is 11.6 Å². The third-order valence-electron chi connectivity index (χ3n) is 3.22. The lowest BCUT2D eigenvalue weighted by molar-refractivity contribution is 0.0987. The van der Waals surface area contributed by atoms with E-state index in [1.807, 2.05) is 42.3 Å². The number of carbonyl (C=O) groups is 1. The van der Waals surface area contributed by atoms with Gasteiger partial charge >= 0.3 is 0 Å². The molecule has 0 aliphatic carbocycles. The number of hydrogen-bond acceptors (Lipinski definition) is 3. The van der Waals surface area contributed by atoms with Crippen molar-refractivity contribution in [2.45, 2.75) is 19.9 Å². The number of furan rings is 1. The maximum absolute atomic E-state index is 11.2. The molecule has 0 aliphatic heterocycles. The van der Waals surface area contributed by atoms with Gasteiger partial charge in [0.2, 0.25) is 0 Å². The summed E-state index contributed by atoms with van der Waals surface area (Å²) in [6.45, 7) is 3.56. The predicted molar refractivity (Wildman–Crippen MR) is 77.0 cm³/mol. The Morgan fingerprint density at radius 1 is 1.21 bits per heavy atom. The van der Waals surface area contributed by atoms with Gasteiger partial charge in [0.1, 0.15) is 0 Å². The Labute approximate surface area is 117 Å². The van der Waals surface area contributed by atoms with Gasteiger partial charge in [-0.15, -0.1) is 0 Å². The van der Waals surface area contributed by atoms with Gasteiger partial charge in [0, 0.05) is 25.1 Å². The van der Waals surface area contributed by atoms with Gasteiger partial charge in [-0.1, -0.05) is 23.7 Å². The van der Waals surface area contributed by atoms with Crippen LogP contribution in [0.2, 0.25) is 5.02 Å². The quantitative estimate of drug-likeness (QED) is 0.780. The first kappa shape index (κ1) is 13.7. The Kier molecular flexibility index (Phi) is 3.96. The van der Waals surface area contributed by atoms with Gasteiger partial charge in [0.05, 0.1) is 6.04 Å². The fourth-order valence-corrected chi connectivity index (χ4v) is 1.99. The van der Waals surface area contributed by atoms with Crippen LogP contribution in [-0.4, -0.2) is 12.8 Å². The second kappa shape index (κ2) is 5.49. The van der Waals surface area contributed by atoms with Crippen LogP contribution in [-0.2, 0) is 0 Å². The number of anilines is 1. The van der Waals surface area contributed by atoms with Crippen LogP contribution in [0.3, 0.4) is 0 Å². The topological polar surface area (TPSA) is 33.5 Å². The van der Waals surface area contributed by atoms with E-state index in [0.29, 0.717) is 11.6 Å². The molecule has 0 radical (unpaired) electrons. The Morgan fingerprint density at radius 3 is 2.37 bits per heavy atom. The first-order chi connectivity index (χ1) is 8.99. The van der Waals surface area contributed by atoms with Crippen LogP contribution in [0.4, 0.5) is 5.88 Å². The van der Waals surface area contributed by atoms with Gasteiger partial charge < -0.3 is 9.32 Å². The molecule has 0 amide bonds. The Hall–Kier alpha value is -1.74. The maximum Gasteiger partial charge on any atom is 0.196 e. The molecule has 1 atom stereocenters. The summed E-state index contributed by atoms with van der Waals surface area (Å²) in [5.74, 6) is 0.983. The molecule has 1 aromatic heterocycles. The van der Waals surface area contributed by atoms with Crippen LogP contribution in [0, 0.1) is 0 Å². The van der Waals surface area contributed by atoms with Crippen LogP contribution in [0.25, 0.3) is 0 Å². The lowest BCUT2D eigenvalue weighted by Gasteiger charge is -2.24. The van der Waals surface area contributed by atoms with Crippen molar-refractivity contribution in [3.63, 3.8) is 0 Å². The molecule has 2 rings (SSSR count). The summed E-state index contributed by atoms with van der Waals surface area (Å²) in [4.78, 5) is 13.2. The van der Waals surface area contributed by atoms with Crippen LogP contribution in [0.15, 0.2) is 40.8 Å². The van der Waals surface area contributed by atoms with Crippen molar-refractivity contribution in [2.24, 2.45) is 0 Å². The Balaban J connectivity index is 2.20. The van der Waals surface area contributed by atoms with Gasteiger partial charge in [-0.3, -0.25) is 4.79 Å². The lowest BCUT2D eigenvalue weighted by atomic mass is 10.1. The minimum atomic E-state index is -0.0706. The molecule has 19 heavy (non-hydrogen) atoms. The highest BCUT2D eigenvalue weighted by Crippen LogP contribution is 2.27. The molecule has 0 saturated heterocycles. The van der Waals surface area contributed by atoms with Crippen molar-refractivity contribution in [3.8, 4) is 0 Å². The van der Waals surface area contributed by atoms with Crippen molar-refractivity contribution >= 4 is 23.3 Å². The minimum absolute atomic E-state index is 0.0706. The summed E-state index contributed by atoms with van der Waals surface area (Å²) >= 11 is 5.88. The summed E-state index contributed by atoms with van der Waals surface area (Å²) in [5, 5.41) is 0.718. The zero-order chi connectivity index (χ0) is 14.0. The summed E-state index contributed by atoms with van der Waals surface area (Å²) in [6.07, 6.45) is 0. The fourth-order valence-electron chi connectivity index (χ4n) is 1.86. The molecule has 1 aromatic carbocycles. The van der Waals surface area contributed by atoms with E-state index in [0.717, 1.165) is 10.6 Å². The van der Waals surface area contributed by atoms with E-state index < -0.39 is 0 Å². The summed E-state index contributed by atoms with van der Waals surface area (Å²) in [5.41, 5.74) is 1.13. The molecule has 0 fully saturated rings. The minimum Gasteiger partial charge on any atom is -0.437 e. The van der Waals surface area contributed by atoms with E-state index in [1.54, 1.807) is 6.07 Å². The zero-order valence-electron chi connectivity index (χ0n) is 11.2. The monoisotopic (exact) mass is 277 g/mol. The predicted octanol–water partition coefficient (Wildman–Crippen LogP) is 4.33. The largest absolute Gasteiger partial charge is 0.437 e. The average Bonchev–Trinajstić information content (AvgIpc) is 2.87. The van der Waals surface area contributed by atoms with Crippen molar-refractivity contribution in [1.29, 1.82) is 0 Å². The normalized spacial score (nSPS) is 12.2. The Bertz CT molecular complexity index is 574. The van der Waals surface area contributed by atoms with E-state index >= 15 is 0 Å². The molecular weight excluding hydrogens is 262 g/mol. The highest BCUT2D eigenvalue weighted by molar-refractivity contribution is 6.30. The fraction of sp³-hybridized carbons (Fsp3) is 0.267. The standard InChI is InChI=1S/C15H16ClNO2/c1-10(12-4-6-13(16)7-5-12)17(3)15-9-8-14(19-15)11(2)18/h4-10H,1-3H3. The first-order valence-electron chi connectivity index (χ1n) is 6.08. The molecule has 0 N–H and O–H groups in total. The van der Waals surface area contributed by atoms with E-state index in [1.165, 1.54) is 6.92 Å². The third-order valence-corrected chi connectivity index (χ3v) is 3.47. The highest BCUT2D eigenvalue weighted by atomic mass is 35.5. The number of halogens is 1. The number of Topliss-reactive ketones (excluding diaryl/α,β-unsaturated/α-hetero) is 1. The number of carbonyl (C=O) groups excluding carboxylic acids is 1. The van der Waals surface area contributed by atoms with E-state index in [9.17, 15) is 4.79 Å². The van der Waals surface area contributed by atoms with E-state index in [4.69, 9.17) is 16.0 Å². The molecule has 1 unspecified atom stereocenters. The molecule has 4 heteroatoms. The van der Waals surface area contributed by atoms with Gasteiger partial charge in [0.25, 0.3) is 0 Å². The zero-order valence-corrected chi connectivity index (χ0v) is 11.9. The average molecular weight is 278 g/mol. The van der Waals surface area contributed by atoms with Crippen LogP contribution < -0.4 is 4.90 Å². The van der Waals surface area contributed by atoms with Gasteiger partial charge in [-0.05, 0) is 30.7 Å². The molecule has 3 nitrogen and oxygen atoms in total. The summed E-state index contributed by atoms with van der Waals surface area (Å²) < 4.78 is 5.52. The highest BCUT2D eigenvalue weighted by Gasteiger charge is 2.16. The molecular formula is C15H16ClNO2. The SMILES string of the molecule is CC(=O)c1ccc(N(C)C(C)c2ccc(Cl)cc2)o1. The smallest absolute Gasteiger partial charge is 0.196 e. The van der Waals surface area contributed by atoms with Crippen molar-refractivity contribution in [3.05, 3.63) is 52.7 Å².